The van der Waals surface area contributed by atoms with E-state index in [-0.39, 0.29) is 22.9 Å². The maximum Gasteiger partial charge on any atom is 0.335 e. The van der Waals surface area contributed by atoms with Gasteiger partial charge in [0.05, 0.1) is 12.2 Å². The molecule has 2 unspecified atom stereocenters. The minimum Gasteiger partial charge on any atom is -0.493 e. The second kappa shape index (κ2) is 11.0. The molecule has 0 radical (unpaired) electrons. The number of carbonyl (C=O) groups excluding carboxylic acids is 1. The van der Waals surface area contributed by atoms with Crippen LogP contribution in [0.15, 0.2) is 12.1 Å². The standard InChI is InChI=1S/C27H32FNO4.C4H6O6/c28-21-9-24(33-13-27-10-14-3-15(11-27)5-16(4-14)12-27)19(17-1-2-17)8-20(21)25(30)29-22-6-18(22)7-23(29)26(31)32;5-1(3(7)8)2(6)4(9)10/h8-9,14-18,22-23H,1-7,10-13H2,(H,31,32);1-2,5-6H,(H,7,8)(H,9,10)/t14?,15?,16?,18-,22-,23+,27?;/m1./s1. The molecule has 6 aliphatic carbocycles. The van der Waals surface area contributed by atoms with Crippen molar-refractivity contribution >= 4 is 23.8 Å². The van der Waals surface area contributed by atoms with E-state index in [1.807, 2.05) is 0 Å². The highest BCUT2D eigenvalue weighted by atomic mass is 19.1. The molecule has 5 N–H and O–H groups in total. The van der Waals surface area contributed by atoms with Gasteiger partial charge in [0.2, 0.25) is 0 Å². The van der Waals surface area contributed by atoms with E-state index in [1.54, 1.807) is 6.07 Å². The van der Waals surface area contributed by atoms with Gasteiger partial charge in [-0.05, 0) is 105 Å². The Morgan fingerprint density at radius 3 is 1.93 bits per heavy atom. The average Bonchev–Trinajstić information content (AvgIpc) is 3.88. The van der Waals surface area contributed by atoms with Crippen molar-refractivity contribution in [2.75, 3.05) is 6.61 Å². The summed E-state index contributed by atoms with van der Waals surface area (Å²) in [5.41, 5.74) is 1.19. The maximum atomic E-state index is 15.3. The Bertz CT molecular complexity index is 1270. The number of piperidine rings is 1. The molecule has 6 saturated carbocycles. The van der Waals surface area contributed by atoms with E-state index in [9.17, 15) is 24.3 Å². The number of likely N-dealkylation sites (tertiary alicyclic amines) is 1. The van der Waals surface area contributed by atoms with Crippen LogP contribution in [0.25, 0.3) is 0 Å². The first-order chi connectivity index (χ1) is 20.4. The van der Waals surface area contributed by atoms with E-state index in [0.717, 1.165) is 42.6 Å². The number of rotatable bonds is 9. The molecule has 5 atom stereocenters. The lowest BCUT2D eigenvalue weighted by Crippen LogP contribution is -2.48. The molecule has 12 heteroatoms. The number of amides is 1. The lowest BCUT2D eigenvalue weighted by Gasteiger charge is -2.56. The van der Waals surface area contributed by atoms with E-state index in [1.165, 1.54) is 49.5 Å². The number of carboxylic acids is 3. The smallest absolute Gasteiger partial charge is 0.335 e. The third-order valence-electron chi connectivity index (χ3n) is 10.5. The fourth-order valence-electron chi connectivity index (χ4n) is 8.65. The van der Waals surface area contributed by atoms with Crippen LogP contribution >= 0.6 is 0 Å². The highest BCUT2D eigenvalue weighted by Crippen LogP contribution is 2.60. The van der Waals surface area contributed by atoms with Crippen molar-refractivity contribution < 1.29 is 53.8 Å². The minimum atomic E-state index is -2.27. The summed E-state index contributed by atoms with van der Waals surface area (Å²) in [4.78, 5) is 45.9. The molecule has 43 heavy (non-hydrogen) atoms. The fourth-order valence-corrected chi connectivity index (χ4v) is 8.65. The van der Waals surface area contributed by atoms with E-state index in [4.69, 9.17) is 25.2 Å². The van der Waals surface area contributed by atoms with E-state index in [0.29, 0.717) is 24.7 Å². The molecule has 1 amide bonds. The Kier molecular flexibility index (Phi) is 7.65. The van der Waals surface area contributed by atoms with E-state index >= 15 is 4.39 Å². The van der Waals surface area contributed by atoms with Gasteiger partial charge < -0.3 is 35.2 Å². The first-order valence-corrected chi connectivity index (χ1v) is 15.2. The van der Waals surface area contributed by atoms with Crippen molar-refractivity contribution in [3.8, 4) is 5.75 Å². The van der Waals surface area contributed by atoms with Crippen LogP contribution in [0.5, 0.6) is 5.75 Å². The molecular formula is C31H38FNO10. The Balaban J connectivity index is 0.000000286. The number of aliphatic hydroxyl groups excluding tert-OH is 2. The minimum absolute atomic E-state index is 0.0119. The number of hydrogen-bond acceptors (Lipinski definition) is 7. The van der Waals surface area contributed by atoms with Gasteiger partial charge in [-0.25, -0.2) is 18.8 Å². The molecule has 8 rings (SSSR count). The average molecular weight is 604 g/mol. The summed E-state index contributed by atoms with van der Waals surface area (Å²) in [6, 6.07) is 2.21. The zero-order valence-electron chi connectivity index (χ0n) is 23.7. The number of aliphatic carboxylic acids is 3. The van der Waals surface area contributed by atoms with Crippen LogP contribution in [-0.2, 0) is 14.4 Å². The molecule has 11 nitrogen and oxygen atoms in total. The largest absolute Gasteiger partial charge is 0.493 e. The number of fused-ring (bicyclic) bond motifs is 1. The molecule has 1 aromatic carbocycles. The number of ether oxygens (including phenoxy) is 1. The SMILES string of the molecule is O=C(O)C(O)C(O)C(=O)O.O=C(O)[C@@H]1C[C@H]2C[C@H]2N1C(=O)c1cc(C2CC2)c(OCC23CC4CC(CC(C4)C2)C3)cc1F. The fraction of sp³-hybridized carbons (Fsp3) is 0.677. The van der Waals surface area contributed by atoms with E-state index < -0.39 is 47.9 Å². The van der Waals surface area contributed by atoms with Gasteiger partial charge in [-0.2, -0.15) is 0 Å². The topological polar surface area (TPSA) is 182 Å². The number of carboxylic acid groups (broad SMARTS) is 3. The molecule has 1 aliphatic heterocycles. The van der Waals surface area contributed by atoms with Crippen LogP contribution in [0.3, 0.4) is 0 Å². The van der Waals surface area contributed by atoms with E-state index in [2.05, 4.69) is 0 Å². The van der Waals surface area contributed by atoms with Crippen molar-refractivity contribution in [1.29, 1.82) is 0 Å². The number of nitrogens with zero attached hydrogens (tertiary/aromatic N) is 1. The van der Waals surface area contributed by atoms with Gasteiger partial charge in [0, 0.05) is 17.5 Å². The number of aliphatic hydroxyl groups is 2. The van der Waals surface area contributed by atoms with Crippen molar-refractivity contribution in [3.05, 3.63) is 29.1 Å². The quantitative estimate of drug-likeness (QED) is 0.281. The van der Waals surface area contributed by atoms with Crippen molar-refractivity contribution in [2.45, 2.75) is 94.4 Å². The van der Waals surface area contributed by atoms with Gasteiger partial charge >= 0.3 is 17.9 Å². The van der Waals surface area contributed by atoms with Crippen LogP contribution in [-0.4, -0.2) is 85.1 Å². The van der Waals surface area contributed by atoms with Gasteiger partial charge in [0.25, 0.3) is 5.91 Å². The maximum absolute atomic E-state index is 15.3. The highest BCUT2D eigenvalue weighted by molar-refractivity contribution is 5.98. The molecule has 1 saturated heterocycles. The van der Waals surface area contributed by atoms with Crippen molar-refractivity contribution in [2.24, 2.45) is 29.1 Å². The number of halogens is 1. The second-order valence-corrected chi connectivity index (χ2v) is 13.8. The van der Waals surface area contributed by atoms with Gasteiger partial charge in [0.1, 0.15) is 17.6 Å². The molecule has 4 bridgehead atoms. The summed E-state index contributed by atoms with van der Waals surface area (Å²) in [7, 11) is 0. The Morgan fingerprint density at radius 1 is 0.884 bits per heavy atom. The Labute approximate surface area is 247 Å². The van der Waals surface area contributed by atoms with Crippen LogP contribution in [0.4, 0.5) is 4.39 Å². The molecule has 7 fully saturated rings. The molecule has 7 aliphatic rings. The van der Waals surface area contributed by atoms with Crippen LogP contribution in [0, 0.1) is 34.9 Å². The summed E-state index contributed by atoms with van der Waals surface area (Å²) >= 11 is 0. The van der Waals surface area contributed by atoms with Crippen molar-refractivity contribution in [1.82, 2.24) is 4.90 Å². The Morgan fingerprint density at radius 2 is 1.44 bits per heavy atom. The van der Waals surface area contributed by atoms with Gasteiger partial charge in [-0.15, -0.1) is 0 Å². The van der Waals surface area contributed by atoms with Gasteiger partial charge in [-0.1, -0.05) is 0 Å². The molecule has 0 spiro atoms. The lowest BCUT2D eigenvalue weighted by molar-refractivity contribution is -0.165. The molecule has 234 valence electrons. The van der Waals surface area contributed by atoms with Crippen LogP contribution < -0.4 is 4.74 Å². The van der Waals surface area contributed by atoms with Crippen molar-refractivity contribution in [3.63, 3.8) is 0 Å². The predicted molar refractivity (Wildman–Crippen MR) is 146 cm³/mol. The summed E-state index contributed by atoms with van der Waals surface area (Å²) in [5.74, 6) is -1.90. The second-order valence-electron chi connectivity index (χ2n) is 13.8. The predicted octanol–water partition coefficient (Wildman–Crippen LogP) is 2.86. The molecule has 1 heterocycles. The summed E-state index contributed by atoms with van der Waals surface area (Å²) in [5, 5.41) is 42.1. The lowest BCUT2D eigenvalue weighted by atomic mass is 9.50. The third kappa shape index (κ3) is 5.83. The number of carbonyl (C=O) groups is 4. The normalized spacial score (nSPS) is 34.4. The first-order valence-electron chi connectivity index (χ1n) is 15.2. The van der Waals surface area contributed by atoms with Gasteiger partial charge in [-0.3, -0.25) is 4.79 Å². The monoisotopic (exact) mass is 603 g/mol. The Hall–Kier alpha value is -3.25. The summed E-state index contributed by atoms with van der Waals surface area (Å²) in [6.07, 6.45) is 6.71. The zero-order chi connectivity index (χ0) is 30.8. The summed E-state index contributed by atoms with van der Waals surface area (Å²) in [6.45, 7) is 0.653. The van der Waals surface area contributed by atoms with Crippen LogP contribution in [0.1, 0.15) is 86.0 Å². The summed E-state index contributed by atoms with van der Waals surface area (Å²) < 4.78 is 21.7. The number of benzene rings is 1. The molecule has 0 aromatic heterocycles. The first kappa shape index (κ1) is 29.8. The molecule has 1 aromatic rings. The zero-order valence-corrected chi connectivity index (χ0v) is 23.7. The molecular weight excluding hydrogens is 565 g/mol. The third-order valence-corrected chi connectivity index (χ3v) is 10.5. The highest BCUT2D eigenvalue weighted by Gasteiger charge is 2.57. The van der Waals surface area contributed by atoms with Crippen LogP contribution in [0.2, 0.25) is 0 Å². The number of hydrogen-bond donors (Lipinski definition) is 5. The van der Waals surface area contributed by atoms with Gasteiger partial charge in [0.15, 0.2) is 12.2 Å².